The Bertz CT molecular complexity index is 828. The maximum absolute atomic E-state index is 11.5. The maximum atomic E-state index is 11.5. The molecule has 10 heteroatoms. The minimum Gasteiger partial charge on any atom is -0.368 e. The lowest BCUT2D eigenvalue weighted by atomic mass is 10.2. The smallest absolute Gasteiger partial charge is 0.273 e. The first kappa shape index (κ1) is 17.6. The number of benzene rings is 1. The number of carbonyl (C=O) groups excluding carboxylic acids is 2. The molecule has 0 aliphatic heterocycles. The Hall–Kier alpha value is -3.74. The average molecular weight is 340 g/mol. The molecule has 1 heterocycles. The molecule has 0 aliphatic rings. The first-order chi connectivity index (χ1) is 11.9. The van der Waals surface area contributed by atoms with Gasteiger partial charge in [0.15, 0.2) is 11.5 Å². The summed E-state index contributed by atoms with van der Waals surface area (Å²) in [5.74, 6) is -1.29. The summed E-state index contributed by atoms with van der Waals surface area (Å²) in [4.78, 5) is 27.0. The number of nitrogens with zero attached hydrogens (tertiary/aromatic N) is 4. The van der Waals surface area contributed by atoms with Gasteiger partial charge in [0.25, 0.3) is 5.91 Å². The molecule has 0 radical (unpaired) electrons. The fourth-order valence-electron chi connectivity index (χ4n) is 1.94. The van der Waals surface area contributed by atoms with Gasteiger partial charge in [-0.25, -0.2) is 0 Å². The van der Waals surface area contributed by atoms with E-state index in [1.54, 1.807) is 31.2 Å². The van der Waals surface area contributed by atoms with Crippen molar-refractivity contribution < 1.29 is 9.59 Å². The zero-order valence-electron chi connectivity index (χ0n) is 13.4. The summed E-state index contributed by atoms with van der Waals surface area (Å²) in [5, 5.41) is 21.9. The van der Waals surface area contributed by atoms with Gasteiger partial charge >= 0.3 is 0 Å². The number of rotatable bonds is 7. The molecule has 0 aliphatic carbocycles. The third-order valence-electron chi connectivity index (χ3n) is 3.25. The van der Waals surface area contributed by atoms with E-state index in [0.717, 1.165) is 0 Å². The van der Waals surface area contributed by atoms with Crippen molar-refractivity contribution in [3.05, 3.63) is 35.5 Å². The Balaban J connectivity index is 2.32. The molecule has 1 atom stereocenters. The number of hydrogen-bond donors (Lipinski definition) is 4. The predicted molar refractivity (Wildman–Crippen MR) is 89.7 cm³/mol. The lowest BCUT2D eigenvalue weighted by Gasteiger charge is -2.14. The van der Waals surface area contributed by atoms with E-state index in [1.807, 2.05) is 6.07 Å². The van der Waals surface area contributed by atoms with Crippen LogP contribution in [-0.2, 0) is 4.79 Å². The molecule has 0 saturated carbocycles. The van der Waals surface area contributed by atoms with Gasteiger partial charge in [0, 0.05) is 5.69 Å². The van der Waals surface area contributed by atoms with Gasteiger partial charge in [0.1, 0.15) is 6.04 Å². The van der Waals surface area contributed by atoms with Crippen molar-refractivity contribution in [3.63, 3.8) is 0 Å². The van der Waals surface area contributed by atoms with Crippen molar-refractivity contribution in [2.45, 2.75) is 19.4 Å². The number of nitriles is 1. The normalized spacial score (nSPS) is 11.2. The first-order valence-corrected chi connectivity index (χ1v) is 7.32. The van der Waals surface area contributed by atoms with Crippen LogP contribution in [0.3, 0.4) is 0 Å². The van der Waals surface area contributed by atoms with Crippen molar-refractivity contribution in [1.29, 1.82) is 5.26 Å². The Labute approximate surface area is 143 Å². The van der Waals surface area contributed by atoms with E-state index in [9.17, 15) is 9.59 Å². The van der Waals surface area contributed by atoms with Crippen LogP contribution >= 0.6 is 0 Å². The molecule has 1 aromatic heterocycles. The highest BCUT2D eigenvalue weighted by atomic mass is 16.1. The lowest BCUT2D eigenvalue weighted by Crippen LogP contribution is -2.35. The van der Waals surface area contributed by atoms with Crippen LogP contribution in [0.2, 0.25) is 0 Å². The zero-order valence-corrected chi connectivity index (χ0v) is 13.4. The summed E-state index contributed by atoms with van der Waals surface area (Å²) < 4.78 is 0. The maximum Gasteiger partial charge on any atom is 0.273 e. The second kappa shape index (κ2) is 7.69. The zero-order chi connectivity index (χ0) is 18.4. The SMILES string of the molecule is CC[C@@H](Nc1nnc(C(N)=O)c(Nc2ccc(C#N)cc2)n1)C(N)=O. The van der Waals surface area contributed by atoms with E-state index in [0.29, 0.717) is 17.7 Å². The number of hydrogen-bond acceptors (Lipinski definition) is 8. The van der Waals surface area contributed by atoms with Crippen molar-refractivity contribution in [1.82, 2.24) is 15.2 Å². The van der Waals surface area contributed by atoms with E-state index in [-0.39, 0.29) is 17.5 Å². The first-order valence-electron chi connectivity index (χ1n) is 7.32. The Kier molecular flexibility index (Phi) is 5.42. The molecule has 1 aromatic carbocycles. The predicted octanol–water partition coefficient (Wildman–Crippen LogP) is 0.262. The number of anilines is 3. The average Bonchev–Trinajstić information content (AvgIpc) is 2.60. The molecular formula is C15H16N8O2. The van der Waals surface area contributed by atoms with Gasteiger partial charge in [0.05, 0.1) is 11.6 Å². The van der Waals surface area contributed by atoms with E-state index >= 15 is 0 Å². The van der Waals surface area contributed by atoms with E-state index in [2.05, 4.69) is 25.8 Å². The van der Waals surface area contributed by atoms with Gasteiger partial charge in [-0.1, -0.05) is 6.92 Å². The summed E-state index contributed by atoms with van der Waals surface area (Å²) >= 11 is 0. The largest absolute Gasteiger partial charge is 0.368 e. The van der Waals surface area contributed by atoms with Crippen molar-refractivity contribution >= 4 is 29.3 Å². The van der Waals surface area contributed by atoms with Crippen LogP contribution in [0.5, 0.6) is 0 Å². The third kappa shape index (κ3) is 4.38. The topological polar surface area (TPSA) is 173 Å². The number of carbonyl (C=O) groups is 2. The number of primary amides is 2. The standard InChI is InChI=1S/C15H16N8O2/c1-2-10(12(17)24)20-15-21-14(11(13(18)25)22-23-15)19-9-5-3-8(7-16)4-6-9/h3-6,10H,2H2,1H3,(H2,17,24)(H2,18,25)(H2,19,20,21,23)/t10-/m1/s1. The van der Waals surface area contributed by atoms with Crippen LogP contribution < -0.4 is 22.1 Å². The van der Waals surface area contributed by atoms with Gasteiger partial charge in [-0.2, -0.15) is 10.2 Å². The summed E-state index contributed by atoms with van der Waals surface area (Å²) in [5.41, 5.74) is 11.4. The molecule has 2 aromatic rings. The number of amides is 2. The molecule has 2 amide bonds. The van der Waals surface area contributed by atoms with Gasteiger partial charge in [-0.05, 0) is 30.7 Å². The van der Waals surface area contributed by atoms with Crippen LogP contribution in [-0.4, -0.2) is 33.0 Å². The second-order valence-electron chi connectivity index (χ2n) is 5.02. The molecular weight excluding hydrogens is 324 g/mol. The molecule has 0 saturated heterocycles. The Morgan fingerprint density at radius 1 is 1.24 bits per heavy atom. The summed E-state index contributed by atoms with van der Waals surface area (Å²) in [6.45, 7) is 1.77. The number of nitrogens with two attached hydrogens (primary N) is 2. The Morgan fingerprint density at radius 3 is 2.44 bits per heavy atom. The van der Waals surface area contributed by atoms with E-state index in [4.69, 9.17) is 16.7 Å². The highest BCUT2D eigenvalue weighted by Gasteiger charge is 2.18. The van der Waals surface area contributed by atoms with Crippen LogP contribution in [0, 0.1) is 11.3 Å². The number of aromatic nitrogens is 3. The summed E-state index contributed by atoms with van der Waals surface area (Å²) in [7, 11) is 0. The van der Waals surface area contributed by atoms with Crippen LogP contribution in [0.4, 0.5) is 17.5 Å². The highest BCUT2D eigenvalue weighted by molar-refractivity contribution is 5.96. The summed E-state index contributed by atoms with van der Waals surface area (Å²) in [6.07, 6.45) is 0.425. The molecule has 0 spiro atoms. The fraction of sp³-hybridized carbons (Fsp3) is 0.200. The fourth-order valence-corrected chi connectivity index (χ4v) is 1.94. The third-order valence-corrected chi connectivity index (χ3v) is 3.25. The molecule has 0 fully saturated rings. The van der Waals surface area contributed by atoms with Crippen molar-refractivity contribution in [3.8, 4) is 6.07 Å². The van der Waals surface area contributed by atoms with Crippen LogP contribution in [0.15, 0.2) is 24.3 Å². The quantitative estimate of drug-likeness (QED) is 0.555. The van der Waals surface area contributed by atoms with E-state index < -0.39 is 17.9 Å². The van der Waals surface area contributed by atoms with Crippen LogP contribution in [0.25, 0.3) is 0 Å². The van der Waals surface area contributed by atoms with E-state index in [1.165, 1.54) is 0 Å². The minimum atomic E-state index is -0.815. The van der Waals surface area contributed by atoms with Gasteiger partial charge in [0.2, 0.25) is 11.9 Å². The molecule has 0 bridgehead atoms. The summed E-state index contributed by atoms with van der Waals surface area (Å²) in [6, 6.07) is 7.79. The molecule has 10 nitrogen and oxygen atoms in total. The molecule has 128 valence electrons. The van der Waals surface area contributed by atoms with Gasteiger partial charge in [-0.3, -0.25) is 9.59 Å². The Morgan fingerprint density at radius 2 is 1.92 bits per heavy atom. The highest BCUT2D eigenvalue weighted by Crippen LogP contribution is 2.19. The van der Waals surface area contributed by atoms with Crippen molar-refractivity contribution in [2.24, 2.45) is 11.5 Å². The minimum absolute atomic E-state index is 0.0202. The van der Waals surface area contributed by atoms with Gasteiger partial charge < -0.3 is 22.1 Å². The molecule has 0 unspecified atom stereocenters. The second-order valence-corrected chi connectivity index (χ2v) is 5.02. The van der Waals surface area contributed by atoms with Gasteiger partial charge in [-0.15, -0.1) is 10.2 Å². The monoisotopic (exact) mass is 340 g/mol. The molecule has 6 N–H and O–H groups in total. The molecule has 25 heavy (non-hydrogen) atoms. The number of nitrogens with one attached hydrogen (secondary N) is 2. The molecule has 2 rings (SSSR count). The lowest BCUT2D eigenvalue weighted by molar-refractivity contribution is -0.118. The van der Waals surface area contributed by atoms with Crippen molar-refractivity contribution in [2.75, 3.05) is 10.6 Å². The van der Waals surface area contributed by atoms with Crippen LogP contribution in [0.1, 0.15) is 29.4 Å².